The van der Waals surface area contributed by atoms with Crippen molar-refractivity contribution in [3.8, 4) is 5.88 Å². The molecule has 84 valence electrons. The zero-order valence-corrected chi connectivity index (χ0v) is 11.7. The molecule has 0 fully saturated rings. The lowest BCUT2D eigenvalue weighted by Crippen LogP contribution is -2.05. The molecule has 0 radical (unpaired) electrons. The minimum atomic E-state index is -2.37. The van der Waals surface area contributed by atoms with Gasteiger partial charge >= 0.3 is 0 Å². The number of pyridine rings is 1. The molecule has 1 aromatic rings. The van der Waals surface area contributed by atoms with E-state index in [1.54, 1.807) is 0 Å². The van der Waals surface area contributed by atoms with Gasteiger partial charge in [0.1, 0.15) is 5.02 Å². The minimum Gasteiger partial charge on any atom is -0.434 e. The summed E-state index contributed by atoms with van der Waals surface area (Å²) in [5.41, 5.74) is 5.73. The van der Waals surface area contributed by atoms with E-state index in [0.29, 0.717) is 6.16 Å². The molecule has 2 N–H and O–H groups in total. The Morgan fingerprint density at radius 1 is 1.47 bits per heavy atom. The fraction of sp³-hybridized carbons (Fsp3) is 0.286. The number of nitrogens with zero attached hydrogens (tertiary/aromatic N) is 1. The number of hydrogen-bond donors (Lipinski definition) is 1. The van der Waals surface area contributed by atoms with Gasteiger partial charge in [-0.05, 0) is 17.9 Å². The van der Waals surface area contributed by atoms with Crippen LogP contribution in [0.1, 0.15) is 6.92 Å². The van der Waals surface area contributed by atoms with Crippen LogP contribution in [-0.4, -0.2) is 11.1 Å². The van der Waals surface area contributed by atoms with Gasteiger partial charge in [-0.3, -0.25) is 5.50 Å². The summed E-state index contributed by atoms with van der Waals surface area (Å²) in [6.07, 6.45) is -1.83. The highest BCUT2D eigenvalue weighted by atomic mass is 35.5. The second kappa shape index (κ2) is 5.17. The molecule has 15 heavy (non-hydrogen) atoms. The normalized spacial score (nSPS) is 14.7. The molecule has 1 aromatic heterocycles. The Hall–Kier alpha value is 0.430. The first-order valence-corrected chi connectivity index (χ1v) is 8.05. The van der Waals surface area contributed by atoms with Crippen molar-refractivity contribution in [3.05, 3.63) is 21.3 Å². The van der Waals surface area contributed by atoms with Gasteiger partial charge in [-0.1, -0.05) is 41.7 Å². The van der Waals surface area contributed by atoms with Crippen LogP contribution in [-0.2, 0) is 11.8 Å². The van der Waals surface area contributed by atoms with Gasteiger partial charge in [-0.15, -0.1) is 0 Å². The Balaban J connectivity index is 3.06. The van der Waals surface area contributed by atoms with Gasteiger partial charge in [0.25, 0.3) is 0 Å². The molecule has 0 saturated carbocycles. The highest BCUT2D eigenvalue weighted by Gasteiger charge is 2.15. The maximum absolute atomic E-state index is 5.85. The Morgan fingerprint density at radius 3 is 2.60 bits per heavy atom. The van der Waals surface area contributed by atoms with Gasteiger partial charge in [-0.25, -0.2) is 0 Å². The van der Waals surface area contributed by atoms with Crippen molar-refractivity contribution >= 4 is 53.0 Å². The molecule has 0 aliphatic heterocycles. The van der Waals surface area contributed by atoms with Crippen LogP contribution >= 0.6 is 41.2 Å². The molecule has 8 heteroatoms. The molecule has 0 aliphatic carbocycles. The van der Waals surface area contributed by atoms with E-state index < -0.39 is 6.42 Å². The Labute approximate surface area is 108 Å². The van der Waals surface area contributed by atoms with Crippen molar-refractivity contribution in [3.63, 3.8) is 0 Å². The SMILES string of the molecule is CCP(N)(=S)Oc1nc(Cl)c(Cl)cc1Cl. The topological polar surface area (TPSA) is 48.1 Å². The van der Waals surface area contributed by atoms with Crippen LogP contribution in [0.4, 0.5) is 0 Å². The van der Waals surface area contributed by atoms with Crippen LogP contribution in [0.2, 0.25) is 15.2 Å². The predicted octanol–water partition coefficient (Wildman–Crippen LogP) is 3.71. The standard InChI is InChI=1S/C7H8Cl3N2OPS/c1-2-14(11,15)13-7-5(9)3-4(8)6(10)12-7/h3H,2H2,1H3,(H2,11,15). The Bertz CT molecular complexity index is 429. The average Bonchev–Trinajstić information content (AvgIpc) is 2.14. The first-order valence-electron chi connectivity index (χ1n) is 3.94. The highest BCUT2D eigenvalue weighted by molar-refractivity contribution is 8.11. The predicted molar refractivity (Wildman–Crippen MR) is 68.9 cm³/mol. The number of halogens is 3. The minimum absolute atomic E-state index is 0.113. The summed E-state index contributed by atoms with van der Waals surface area (Å²) in [4.78, 5) is 3.87. The molecule has 0 aromatic carbocycles. The lowest BCUT2D eigenvalue weighted by atomic mass is 10.5. The summed E-state index contributed by atoms with van der Waals surface area (Å²) in [7, 11) is 0. The lowest BCUT2D eigenvalue weighted by molar-refractivity contribution is 0.585. The second-order valence-electron chi connectivity index (χ2n) is 2.68. The zero-order chi connectivity index (χ0) is 11.6. The zero-order valence-electron chi connectivity index (χ0n) is 7.71. The van der Waals surface area contributed by atoms with Crippen molar-refractivity contribution in [1.29, 1.82) is 0 Å². The smallest absolute Gasteiger partial charge is 0.238 e. The molecule has 1 unspecified atom stereocenters. The quantitative estimate of drug-likeness (QED) is 0.683. The van der Waals surface area contributed by atoms with Crippen molar-refractivity contribution in [2.45, 2.75) is 6.92 Å². The monoisotopic (exact) mass is 304 g/mol. The summed E-state index contributed by atoms with van der Waals surface area (Å²) in [6.45, 7) is 1.84. The molecule has 0 aliphatic rings. The lowest BCUT2D eigenvalue weighted by Gasteiger charge is -2.16. The van der Waals surface area contributed by atoms with E-state index in [9.17, 15) is 0 Å². The third kappa shape index (κ3) is 3.74. The largest absolute Gasteiger partial charge is 0.434 e. The highest BCUT2D eigenvalue weighted by Crippen LogP contribution is 2.42. The summed E-state index contributed by atoms with van der Waals surface area (Å²) in [5.74, 6) is 0.138. The van der Waals surface area contributed by atoms with Gasteiger partial charge in [0.2, 0.25) is 5.88 Å². The third-order valence-corrected chi connectivity index (χ3v) is 4.84. The maximum atomic E-state index is 5.85. The van der Waals surface area contributed by atoms with Crippen molar-refractivity contribution in [2.24, 2.45) is 5.50 Å². The van der Waals surface area contributed by atoms with Crippen LogP contribution in [0.5, 0.6) is 5.88 Å². The number of nitrogens with two attached hydrogens (primary N) is 1. The van der Waals surface area contributed by atoms with Gasteiger partial charge < -0.3 is 4.52 Å². The number of rotatable bonds is 3. The fourth-order valence-corrected chi connectivity index (χ4v) is 2.06. The van der Waals surface area contributed by atoms with Crippen molar-refractivity contribution in [1.82, 2.24) is 4.98 Å². The van der Waals surface area contributed by atoms with E-state index in [-0.39, 0.29) is 21.1 Å². The second-order valence-corrected chi connectivity index (χ2v) is 7.98. The maximum Gasteiger partial charge on any atom is 0.238 e. The van der Waals surface area contributed by atoms with Gasteiger partial charge in [0, 0.05) is 6.16 Å². The van der Waals surface area contributed by atoms with Crippen LogP contribution in [0.3, 0.4) is 0 Å². The number of aromatic nitrogens is 1. The summed E-state index contributed by atoms with van der Waals surface area (Å²) < 4.78 is 5.34. The Kier molecular flexibility index (Phi) is 4.65. The van der Waals surface area contributed by atoms with E-state index in [2.05, 4.69) is 4.98 Å². The molecule has 0 bridgehead atoms. The summed E-state index contributed by atoms with van der Waals surface area (Å²) in [5, 5.41) is 0.621. The van der Waals surface area contributed by atoms with Crippen LogP contribution < -0.4 is 10.0 Å². The van der Waals surface area contributed by atoms with Crippen molar-refractivity contribution < 1.29 is 4.52 Å². The van der Waals surface area contributed by atoms with Crippen LogP contribution in [0.25, 0.3) is 0 Å². The van der Waals surface area contributed by atoms with E-state index in [0.717, 1.165) is 0 Å². The van der Waals surface area contributed by atoms with E-state index >= 15 is 0 Å². The molecule has 0 spiro atoms. The summed E-state index contributed by atoms with van der Waals surface area (Å²) >= 11 is 22.3. The molecule has 3 nitrogen and oxygen atoms in total. The van der Waals surface area contributed by atoms with E-state index in [1.807, 2.05) is 6.92 Å². The summed E-state index contributed by atoms with van der Waals surface area (Å²) in [6, 6.07) is 1.44. The van der Waals surface area contributed by atoms with Crippen LogP contribution in [0, 0.1) is 0 Å². The fourth-order valence-electron chi connectivity index (χ4n) is 0.703. The van der Waals surface area contributed by atoms with Gasteiger partial charge in [0.05, 0.1) is 5.02 Å². The van der Waals surface area contributed by atoms with Crippen molar-refractivity contribution in [2.75, 3.05) is 6.16 Å². The molecule has 1 heterocycles. The van der Waals surface area contributed by atoms with E-state index in [4.69, 9.17) is 56.6 Å². The van der Waals surface area contributed by atoms with E-state index in [1.165, 1.54) is 6.07 Å². The van der Waals surface area contributed by atoms with Gasteiger partial charge in [-0.2, -0.15) is 4.98 Å². The average molecular weight is 306 g/mol. The molecule has 0 amide bonds. The first kappa shape index (κ1) is 13.5. The van der Waals surface area contributed by atoms with Gasteiger partial charge in [0.15, 0.2) is 11.6 Å². The molecule has 1 rings (SSSR count). The van der Waals surface area contributed by atoms with Crippen LogP contribution in [0.15, 0.2) is 6.07 Å². The molecular weight excluding hydrogens is 297 g/mol. The first-order chi connectivity index (χ1) is 6.85. The molecular formula is C7H8Cl3N2OPS. The number of hydrogen-bond acceptors (Lipinski definition) is 3. The molecule has 0 saturated heterocycles. The molecule has 1 atom stereocenters. The third-order valence-electron chi connectivity index (χ3n) is 1.54. The Morgan fingerprint density at radius 2 is 2.07 bits per heavy atom.